The predicted molar refractivity (Wildman–Crippen MR) is 127 cm³/mol. The Kier molecular flexibility index (Phi) is 5.41. The van der Waals surface area contributed by atoms with E-state index in [-0.39, 0.29) is 16.7 Å². The molecular weight excluding hydrogens is 392 g/mol. The third-order valence-electron chi connectivity index (χ3n) is 4.71. The molecule has 1 heterocycles. The fraction of sp³-hybridized carbons (Fsp3) is 0.0417. The van der Waals surface area contributed by atoms with Gasteiger partial charge in [-0.2, -0.15) is 5.10 Å². The molecule has 148 valence electrons. The summed E-state index contributed by atoms with van der Waals surface area (Å²) in [6.07, 6.45) is 4.07. The van der Waals surface area contributed by atoms with Crippen molar-refractivity contribution in [3.8, 4) is 0 Å². The van der Waals surface area contributed by atoms with Gasteiger partial charge in [-0.25, -0.2) is 5.01 Å². The summed E-state index contributed by atoms with van der Waals surface area (Å²) >= 11 is 5.20. The number of carbonyl (C=O) groups excluding carboxylic acids is 1. The number of anilines is 2. The number of amides is 1. The molecular formula is C24H20N4OS. The molecule has 1 aliphatic rings. The number of benzene rings is 3. The topological polar surface area (TPSA) is 70.7 Å². The highest BCUT2D eigenvalue weighted by molar-refractivity contribution is 7.80. The maximum absolute atomic E-state index is 12.4. The van der Waals surface area contributed by atoms with Gasteiger partial charge in [0.15, 0.2) is 10.8 Å². The molecule has 0 saturated heterocycles. The SMILES string of the molecule is Cc1ccc2c(c1)/C(=N/N(C(N)=S)c1ccc(/C=C/c3ccccc3)cc1)C(=O)N2. The summed E-state index contributed by atoms with van der Waals surface area (Å²) in [6, 6.07) is 23.4. The summed E-state index contributed by atoms with van der Waals surface area (Å²) in [5, 5.41) is 8.78. The normalized spacial score (nSPS) is 14.0. The van der Waals surface area contributed by atoms with Crippen LogP contribution in [0.15, 0.2) is 77.9 Å². The van der Waals surface area contributed by atoms with Crippen LogP contribution >= 0.6 is 12.2 Å². The van der Waals surface area contributed by atoms with Crippen molar-refractivity contribution in [2.75, 3.05) is 10.3 Å². The van der Waals surface area contributed by atoms with Gasteiger partial charge in [-0.05, 0) is 54.5 Å². The van der Waals surface area contributed by atoms with Crippen LogP contribution in [0.2, 0.25) is 0 Å². The number of hydrazone groups is 1. The van der Waals surface area contributed by atoms with Crippen molar-refractivity contribution in [2.24, 2.45) is 10.8 Å². The Morgan fingerprint density at radius 2 is 1.67 bits per heavy atom. The summed E-state index contributed by atoms with van der Waals surface area (Å²) in [4.78, 5) is 12.4. The molecule has 0 atom stereocenters. The lowest BCUT2D eigenvalue weighted by Gasteiger charge is -2.18. The number of hydrogen-bond acceptors (Lipinski definition) is 3. The van der Waals surface area contributed by atoms with Gasteiger partial charge in [-0.15, -0.1) is 0 Å². The lowest BCUT2D eigenvalue weighted by atomic mass is 10.1. The van der Waals surface area contributed by atoms with Crippen molar-refractivity contribution in [3.05, 3.63) is 95.1 Å². The minimum atomic E-state index is -0.278. The molecule has 3 aromatic rings. The van der Waals surface area contributed by atoms with Crippen molar-refractivity contribution in [2.45, 2.75) is 6.92 Å². The standard InChI is InChI=1S/C24H20N4OS/c1-16-7-14-21-20(15-16)22(23(29)26-21)27-28(24(25)30)19-12-10-18(11-13-19)9-8-17-5-3-2-4-6-17/h2-15H,1H3,(H2,25,30)(H,26,27,29)/b9-8+. The van der Waals surface area contributed by atoms with E-state index in [9.17, 15) is 4.79 Å². The zero-order valence-electron chi connectivity index (χ0n) is 16.4. The zero-order valence-corrected chi connectivity index (χ0v) is 17.2. The Morgan fingerprint density at radius 3 is 2.33 bits per heavy atom. The van der Waals surface area contributed by atoms with E-state index in [1.807, 2.05) is 91.9 Å². The number of hydrogen-bond donors (Lipinski definition) is 2. The number of fused-ring (bicyclic) bond motifs is 1. The quantitative estimate of drug-likeness (QED) is 0.374. The van der Waals surface area contributed by atoms with Crippen LogP contribution in [0, 0.1) is 6.92 Å². The van der Waals surface area contributed by atoms with E-state index in [2.05, 4.69) is 10.4 Å². The van der Waals surface area contributed by atoms with Gasteiger partial charge in [0.05, 0.1) is 11.4 Å². The van der Waals surface area contributed by atoms with Crippen molar-refractivity contribution in [3.63, 3.8) is 0 Å². The molecule has 1 amide bonds. The summed E-state index contributed by atoms with van der Waals surface area (Å²) in [6.45, 7) is 1.97. The maximum Gasteiger partial charge on any atom is 0.276 e. The first-order chi connectivity index (χ1) is 14.5. The van der Waals surface area contributed by atoms with Gasteiger partial charge in [0.1, 0.15) is 0 Å². The van der Waals surface area contributed by atoms with Crippen molar-refractivity contribution in [1.82, 2.24) is 0 Å². The number of nitrogens with one attached hydrogen (secondary N) is 1. The second-order valence-corrected chi connectivity index (χ2v) is 7.36. The van der Waals surface area contributed by atoms with Gasteiger partial charge >= 0.3 is 0 Å². The number of thiocarbonyl (C=S) groups is 1. The van der Waals surface area contributed by atoms with E-state index in [1.54, 1.807) is 0 Å². The van der Waals surface area contributed by atoms with Crippen LogP contribution in [0.4, 0.5) is 11.4 Å². The molecule has 3 aromatic carbocycles. The molecule has 0 spiro atoms. The number of carbonyl (C=O) groups is 1. The molecule has 6 heteroatoms. The van der Waals surface area contributed by atoms with Crippen molar-refractivity contribution >= 4 is 52.5 Å². The van der Waals surface area contributed by atoms with Crippen LogP contribution < -0.4 is 16.1 Å². The third-order valence-corrected chi connectivity index (χ3v) is 4.88. The van der Waals surface area contributed by atoms with Gasteiger partial charge in [-0.3, -0.25) is 4.79 Å². The Balaban J connectivity index is 1.62. The molecule has 3 N–H and O–H groups in total. The number of nitrogens with two attached hydrogens (primary N) is 1. The van der Waals surface area contributed by atoms with E-state index in [1.165, 1.54) is 5.01 Å². The Hall–Kier alpha value is -3.77. The minimum Gasteiger partial charge on any atom is -0.374 e. The summed E-state index contributed by atoms with van der Waals surface area (Å²) < 4.78 is 0. The van der Waals surface area contributed by atoms with E-state index in [4.69, 9.17) is 18.0 Å². The average Bonchev–Trinajstić information content (AvgIpc) is 3.05. The van der Waals surface area contributed by atoms with Crippen LogP contribution in [0.3, 0.4) is 0 Å². The Morgan fingerprint density at radius 1 is 1.00 bits per heavy atom. The molecule has 0 aromatic heterocycles. The lowest BCUT2D eigenvalue weighted by Crippen LogP contribution is -2.33. The molecule has 5 nitrogen and oxygen atoms in total. The molecule has 0 saturated carbocycles. The van der Waals surface area contributed by atoms with E-state index in [0.717, 1.165) is 27.9 Å². The number of rotatable bonds is 4. The average molecular weight is 413 g/mol. The number of nitrogens with zero attached hydrogens (tertiary/aromatic N) is 2. The van der Waals surface area contributed by atoms with Gasteiger partial charge in [0.2, 0.25) is 0 Å². The fourth-order valence-electron chi connectivity index (χ4n) is 3.18. The smallest absolute Gasteiger partial charge is 0.276 e. The van der Waals surface area contributed by atoms with Crippen LogP contribution in [-0.2, 0) is 4.79 Å². The second-order valence-electron chi connectivity index (χ2n) is 6.94. The van der Waals surface area contributed by atoms with Crippen LogP contribution in [0.1, 0.15) is 22.3 Å². The Bertz CT molecular complexity index is 1170. The molecule has 4 rings (SSSR count). The predicted octanol–water partition coefficient (Wildman–Crippen LogP) is 4.57. The van der Waals surface area contributed by atoms with Crippen molar-refractivity contribution < 1.29 is 4.79 Å². The van der Waals surface area contributed by atoms with Gasteiger partial charge < -0.3 is 11.1 Å². The molecule has 1 aliphatic heterocycles. The van der Waals surface area contributed by atoms with Crippen LogP contribution in [-0.4, -0.2) is 16.7 Å². The second kappa shape index (κ2) is 8.31. The first kappa shape index (κ1) is 19.5. The summed E-state index contributed by atoms with van der Waals surface area (Å²) in [5.41, 5.74) is 11.5. The largest absolute Gasteiger partial charge is 0.374 e. The highest BCUT2D eigenvalue weighted by atomic mass is 32.1. The zero-order chi connectivity index (χ0) is 21.1. The monoisotopic (exact) mass is 412 g/mol. The maximum atomic E-state index is 12.4. The first-order valence-corrected chi connectivity index (χ1v) is 9.86. The first-order valence-electron chi connectivity index (χ1n) is 9.45. The fourth-order valence-corrected chi connectivity index (χ4v) is 3.33. The van der Waals surface area contributed by atoms with Crippen LogP contribution in [0.5, 0.6) is 0 Å². The molecule has 0 aliphatic carbocycles. The molecule has 30 heavy (non-hydrogen) atoms. The van der Waals surface area contributed by atoms with Gasteiger partial charge in [0, 0.05) is 5.56 Å². The van der Waals surface area contributed by atoms with Gasteiger partial charge in [-0.1, -0.05) is 66.2 Å². The molecule has 0 unspecified atom stereocenters. The van der Waals surface area contributed by atoms with E-state index < -0.39 is 0 Å². The summed E-state index contributed by atoms with van der Waals surface area (Å²) in [7, 11) is 0. The number of aryl methyl sites for hydroxylation is 1. The lowest BCUT2D eigenvalue weighted by molar-refractivity contribution is -0.110. The summed E-state index contributed by atoms with van der Waals surface area (Å²) in [5.74, 6) is -0.278. The minimum absolute atomic E-state index is 0.0592. The van der Waals surface area contributed by atoms with E-state index >= 15 is 0 Å². The van der Waals surface area contributed by atoms with Crippen molar-refractivity contribution in [1.29, 1.82) is 0 Å². The highest BCUT2D eigenvalue weighted by Crippen LogP contribution is 2.26. The van der Waals surface area contributed by atoms with E-state index in [0.29, 0.717) is 5.69 Å². The molecule has 0 radical (unpaired) electrons. The molecule has 0 bridgehead atoms. The third kappa shape index (κ3) is 4.14. The molecule has 0 fully saturated rings. The Labute approximate surface area is 180 Å². The van der Waals surface area contributed by atoms with Gasteiger partial charge in [0.25, 0.3) is 5.91 Å². The van der Waals surface area contributed by atoms with Crippen LogP contribution in [0.25, 0.3) is 12.2 Å². The highest BCUT2D eigenvalue weighted by Gasteiger charge is 2.27.